The van der Waals surface area contributed by atoms with Crippen LogP contribution in [0.25, 0.3) is 0 Å². The van der Waals surface area contributed by atoms with Gasteiger partial charge in [0.05, 0.1) is 5.69 Å². The largest absolute Gasteiger partial charge is 0.486 e. The molecule has 0 unspecified atom stereocenters. The van der Waals surface area contributed by atoms with Gasteiger partial charge in [-0.3, -0.25) is 0 Å². The Morgan fingerprint density at radius 3 is 2.72 bits per heavy atom. The fraction of sp³-hybridized carbons (Fsp3) is 0.357. The molecular formula is C14H17NO2S. The first kappa shape index (κ1) is 13.1. The Kier molecular flexibility index (Phi) is 4.73. The Balaban J connectivity index is 1.89. The summed E-state index contributed by atoms with van der Waals surface area (Å²) in [4.78, 5) is 4.38. The van der Waals surface area contributed by atoms with Crippen molar-refractivity contribution < 1.29 is 9.84 Å². The SMILES string of the molecule is CCc1ccc(OCc2nc(CCO)cs2)cc1. The zero-order valence-electron chi connectivity index (χ0n) is 10.4. The van der Waals surface area contributed by atoms with Gasteiger partial charge in [-0.1, -0.05) is 19.1 Å². The molecular weight excluding hydrogens is 246 g/mol. The van der Waals surface area contributed by atoms with Crippen LogP contribution in [0.5, 0.6) is 5.75 Å². The van der Waals surface area contributed by atoms with Gasteiger partial charge < -0.3 is 9.84 Å². The lowest BCUT2D eigenvalue weighted by Gasteiger charge is -2.04. The van der Waals surface area contributed by atoms with E-state index in [9.17, 15) is 0 Å². The molecule has 0 aliphatic rings. The highest BCUT2D eigenvalue weighted by Crippen LogP contribution is 2.16. The summed E-state index contributed by atoms with van der Waals surface area (Å²) in [6, 6.07) is 8.13. The van der Waals surface area contributed by atoms with Crippen LogP contribution in [0.2, 0.25) is 0 Å². The van der Waals surface area contributed by atoms with E-state index in [2.05, 4.69) is 24.0 Å². The Bertz CT molecular complexity index is 479. The maximum Gasteiger partial charge on any atom is 0.140 e. The minimum Gasteiger partial charge on any atom is -0.486 e. The molecule has 1 N–H and O–H groups in total. The molecule has 1 aromatic carbocycles. The molecule has 2 aromatic rings. The molecule has 0 radical (unpaired) electrons. The number of thiazole rings is 1. The Morgan fingerprint density at radius 1 is 1.28 bits per heavy atom. The molecule has 0 spiro atoms. The average molecular weight is 263 g/mol. The minimum atomic E-state index is 0.141. The van der Waals surface area contributed by atoms with Gasteiger partial charge in [-0.2, -0.15) is 0 Å². The summed E-state index contributed by atoms with van der Waals surface area (Å²) in [7, 11) is 0. The van der Waals surface area contributed by atoms with E-state index in [1.807, 2.05) is 17.5 Å². The van der Waals surface area contributed by atoms with Gasteiger partial charge >= 0.3 is 0 Å². The highest BCUT2D eigenvalue weighted by molar-refractivity contribution is 7.09. The maximum absolute atomic E-state index is 8.82. The molecule has 1 heterocycles. The van der Waals surface area contributed by atoms with Gasteiger partial charge in [-0.05, 0) is 24.1 Å². The molecule has 4 heteroatoms. The van der Waals surface area contributed by atoms with Crippen LogP contribution in [0.4, 0.5) is 0 Å². The highest BCUT2D eigenvalue weighted by atomic mass is 32.1. The van der Waals surface area contributed by atoms with E-state index in [0.29, 0.717) is 13.0 Å². The topological polar surface area (TPSA) is 42.4 Å². The van der Waals surface area contributed by atoms with Crippen molar-refractivity contribution in [3.8, 4) is 5.75 Å². The van der Waals surface area contributed by atoms with Gasteiger partial charge in [0.1, 0.15) is 17.4 Å². The fourth-order valence-corrected chi connectivity index (χ4v) is 2.35. The number of ether oxygens (including phenoxy) is 1. The van der Waals surface area contributed by atoms with E-state index < -0.39 is 0 Å². The molecule has 2 rings (SSSR count). The Labute approximate surface area is 111 Å². The van der Waals surface area contributed by atoms with Crippen LogP contribution in [0, 0.1) is 0 Å². The highest BCUT2D eigenvalue weighted by Gasteiger charge is 2.02. The standard InChI is InChI=1S/C14H17NO2S/c1-2-11-3-5-13(6-4-11)17-9-14-15-12(7-8-16)10-18-14/h3-6,10,16H,2,7-9H2,1H3. The quantitative estimate of drug-likeness (QED) is 0.871. The van der Waals surface area contributed by atoms with E-state index in [1.165, 1.54) is 5.56 Å². The summed E-state index contributed by atoms with van der Waals surface area (Å²) in [6.07, 6.45) is 1.65. The maximum atomic E-state index is 8.82. The van der Waals surface area contributed by atoms with Crippen molar-refractivity contribution in [3.05, 3.63) is 45.9 Å². The zero-order chi connectivity index (χ0) is 12.8. The lowest BCUT2D eigenvalue weighted by Crippen LogP contribution is -1.96. The molecule has 0 fully saturated rings. The first-order valence-corrected chi connectivity index (χ1v) is 6.95. The molecule has 3 nitrogen and oxygen atoms in total. The van der Waals surface area contributed by atoms with Gasteiger partial charge in [0.15, 0.2) is 0 Å². The summed E-state index contributed by atoms with van der Waals surface area (Å²) in [5, 5.41) is 11.7. The molecule has 0 bridgehead atoms. The molecule has 0 aliphatic carbocycles. The number of hydrogen-bond acceptors (Lipinski definition) is 4. The summed E-state index contributed by atoms with van der Waals surface area (Å²) >= 11 is 1.57. The summed E-state index contributed by atoms with van der Waals surface area (Å²) < 4.78 is 5.67. The normalized spacial score (nSPS) is 10.6. The smallest absolute Gasteiger partial charge is 0.140 e. The van der Waals surface area contributed by atoms with Crippen molar-refractivity contribution in [2.75, 3.05) is 6.61 Å². The first-order chi connectivity index (χ1) is 8.81. The van der Waals surface area contributed by atoms with E-state index in [-0.39, 0.29) is 6.61 Å². The van der Waals surface area contributed by atoms with Crippen molar-refractivity contribution >= 4 is 11.3 Å². The number of aliphatic hydroxyl groups excluding tert-OH is 1. The number of benzene rings is 1. The van der Waals surface area contributed by atoms with Crippen molar-refractivity contribution in [2.24, 2.45) is 0 Å². The molecule has 0 saturated carbocycles. The lowest BCUT2D eigenvalue weighted by atomic mass is 10.2. The van der Waals surface area contributed by atoms with Crippen LogP contribution < -0.4 is 4.74 Å². The van der Waals surface area contributed by atoms with Crippen LogP contribution in [-0.4, -0.2) is 16.7 Å². The number of aryl methyl sites for hydroxylation is 1. The molecule has 0 aliphatic heterocycles. The predicted molar refractivity (Wildman–Crippen MR) is 73.1 cm³/mol. The van der Waals surface area contributed by atoms with Crippen molar-refractivity contribution in [2.45, 2.75) is 26.4 Å². The summed E-state index contributed by atoms with van der Waals surface area (Å²) in [5.74, 6) is 0.867. The molecule has 18 heavy (non-hydrogen) atoms. The summed E-state index contributed by atoms with van der Waals surface area (Å²) in [5.41, 5.74) is 2.24. The van der Waals surface area contributed by atoms with Gasteiger partial charge in [-0.15, -0.1) is 11.3 Å². The molecule has 0 atom stereocenters. The van der Waals surface area contributed by atoms with E-state index >= 15 is 0 Å². The van der Waals surface area contributed by atoms with E-state index in [0.717, 1.165) is 22.9 Å². The van der Waals surface area contributed by atoms with E-state index in [1.54, 1.807) is 11.3 Å². The van der Waals surface area contributed by atoms with Gasteiger partial charge in [0.25, 0.3) is 0 Å². The number of hydrogen-bond donors (Lipinski definition) is 1. The van der Waals surface area contributed by atoms with Crippen molar-refractivity contribution in [1.82, 2.24) is 4.98 Å². The molecule has 0 amide bonds. The van der Waals surface area contributed by atoms with Crippen LogP contribution in [0.15, 0.2) is 29.6 Å². The second-order valence-corrected chi connectivity index (χ2v) is 4.94. The molecule has 1 aromatic heterocycles. The second kappa shape index (κ2) is 6.52. The Morgan fingerprint density at radius 2 is 2.06 bits per heavy atom. The number of nitrogens with zero attached hydrogens (tertiary/aromatic N) is 1. The first-order valence-electron chi connectivity index (χ1n) is 6.07. The van der Waals surface area contributed by atoms with Gasteiger partial charge in [-0.25, -0.2) is 4.98 Å². The van der Waals surface area contributed by atoms with Crippen LogP contribution in [0.1, 0.15) is 23.2 Å². The Hall–Kier alpha value is -1.39. The molecule has 96 valence electrons. The third-order valence-corrected chi connectivity index (χ3v) is 3.53. The number of aliphatic hydroxyl groups is 1. The minimum absolute atomic E-state index is 0.141. The zero-order valence-corrected chi connectivity index (χ0v) is 11.2. The predicted octanol–water partition coefficient (Wildman–Crippen LogP) is 2.82. The van der Waals surface area contributed by atoms with Crippen molar-refractivity contribution in [3.63, 3.8) is 0 Å². The monoisotopic (exact) mass is 263 g/mol. The number of rotatable bonds is 6. The van der Waals surface area contributed by atoms with Crippen LogP contribution in [0.3, 0.4) is 0 Å². The van der Waals surface area contributed by atoms with Crippen molar-refractivity contribution in [1.29, 1.82) is 0 Å². The summed E-state index contributed by atoms with van der Waals surface area (Å²) in [6.45, 7) is 2.76. The van der Waals surface area contributed by atoms with Crippen LogP contribution >= 0.6 is 11.3 Å². The molecule has 0 saturated heterocycles. The number of aromatic nitrogens is 1. The van der Waals surface area contributed by atoms with E-state index in [4.69, 9.17) is 9.84 Å². The lowest BCUT2D eigenvalue weighted by molar-refractivity contribution is 0.295. The fourth-order valence-electron chi connectivity index (χ4n) is 1.61. The second-order valence-electron chi connectivity index (χ2n) is 3.99. The average Bonchev–Trinajstić information content (AvgIpc) is 2.85. The van der Waals surface area contributed by atoms with Crippen LogP contribution in [-0.2, 0) is 19.4 Å². The third-order valence-electron chi connectivity index (χ3n) is 2.66. The van der Waals surface area contributed by atoms with Gasteiger partial charge in [0, 0.05) is 18.4 Å². The van der Waals surface area contributed by atoms with Gasteiger partial charge in [0.2, 0.25) is 0 Å². The third kappa shape index (κ3) is 3.55.